The van der Waals surface area contributed by atoms with Gasteiger partial charge >= 0.3 is 6.18 Å². The molecule has 6 nitrogen and oxygen atoms in total. The van der Waals surface area contributed by atoms with Gasteiger partial charge in [0.1, 0.15) is 4.21 Å². The Kier molecular flexibility index (Phi) is 6.32. The normalized spacial score (nSPS) is 15.3. The number of carbonyl (C=O) groups excluding carboxylic acids is 1. The van der Waals surface area contributed by atoms with Crippen molar-refractivity contribution in [3.05, 3.63) is 52.4 Å². The first kappa shape index (κ1) is 21.8. The average Bonchev–Trinajstić information content (AvgIpc) is 3.07. The van der Waals surface area contributed by atoms with E-state index in [0.717, 1.165) is 21.7 Å². The molecule has 0 atom stereocenters. The van der Waals surface area contributed by atoms with E-state index in [2.05, 4.69) is 5.32 Å². The lowest BCUT2D eigenvalue weighted by molar-refractivity contribution is -0.138. The van der Waals surface area contributed by atoms with Gasteiger partial charge in [-0.1, -0.05) is 18.2 Å². The van der Waals surface area contributed by atoms with Crippen LogP contribution in [0.1, 0.15) is 22.9 Å². The van der Waals surface area contributed by atoms with E-state index < -0.39 is 34.3 Å². The largest absolute Gasteiger partial charge is 0.416 e. The van der Waals surface area contributed by atoms with Crippen LogP contribution in [0.3, 0.4) is 0 Å². The number of hydrogen-bond donors (Lipinski definition) is 1. The minimum atomic E-state index is -4.59. The van der Waals surface area contributed by atoms with Crippen molar-refractivity contribution in [3.8, 4) is 0 Å². The summed E-state index contributed by atoms with van der Waals surface area (Å²) in [6, 6.07) is 7.37. The van der Waals surface area contributed by atoms with Gasteiger partial charge in [0.15, 0.2) is 0 Å². The first-order valence-corrected chi connectivity index (χ1v) is 10.9. The Balaban J connectivity index is 1.91. The van der Waals surface area contributed by atoms with E-state index in [1.165, 1.54) is 31.2 Å². The highest BCUT2D eigenvalue weighted by Crippen LogP contribution is 2.35. The molecule has 1 N–H and O–H groups in total. The van der Waals surface area contributed by atoms with Gasteiger partial charge in [-0.3, -0.25) is 4.79 Å². The maximum Gasteiger partial charge on any atom is 0.416 e. The summed E-state index contributed by atoms with van der Waals surface area (Å²) in [7, 11) is -4.05. The third-order valence-electron chi connectivity index (χ3n) is 4.39. The Morgan fingerprint density at radius 1 is 1.24 bits per heavy atom. The Hall–Kier alpha value is -1.95. The highest BCUT2D eigenvalue weighted by Gasteiger charge is 2.39. The fourth-order valence-corrected chi connectivity index (χ4v) is 5.82. The predicted octanol–water partition coefficient (Wildman–Crippen LogP) is 2.99. The van der Waals surface area contributed by atoms with Gasteiger partial charge in [-0.15, -0.1) is 11.3 Å². The second-order valence-electron chi connectivity index (χ2n) is 6.53. The van der Waals surface area contributed by atoms with Crippen molar-refractivity contribution in [2.24, 2.45) is 0 Å². The van der Waals surface area contributed by atoms with E-state index in [4.69, 9.17) is 4.74 Å². The van der Waals surface area contributed by atoms with Gasteiger partial charge in [0, 0.05) is 18.3 Å². The van der Waals surface area contributed by atoms with Crippen LogP contribution in [0.15, 0.2) is 40.6 Å². The number of sulfonamides is 1. The first-order chi connectivity index (χ1) is 13.6. The summed E-state index contributed by atoms with van der Waals surface area (Å²) in [5, 5.41) is 2.58. The number of halogens is 3. The number of alkyl halides is 3. The number of nitrogens with zero attached hydrogens (tertiary/aromatic N) is 1. The molecule has 0 radical (unpaired) electrons. The molecule has 11 heteroatoms. The lowest BCUT2D eigenvalue weighted by Gasteiger charge is -2.36. The van der Waals surface area contributed by atoms with Gasteiger partial charge in [0.05, 0.1) is 31.4 Å². The van der Waals surface area contributed by atoms with Gasteiger partial charge in [0.2, 0.25) is 5.91 Å². The van der Waals surface area contributed by atoms with Crippen LogP contribution in [-0.4, -0.2) is 37.9 Å². The second-order valence-corrected chi connectivity index (χ2v) is 9.81. The lowest BCUT2D eigenvalue weighted by Crippen LogP contribution is -2.51. The molecule has 0 unspecified atom stereocenters. The van der Waals surface area contributed by atoms with Crippen molar-refractivity contribution in [2.75, 3.05) is 13.2 Å². The molecule has 29 heavy (non-hydrogen) atoms. The molecule has 2 aromatic rings. The Morgan fingerprint density at radius 3 is 2.52 bits per heavy atom. The molecule has 0 spiro atoms. The summed E-state index contributed by atoms with van der Waals surface area (Å²) in [6.45, 7) is 1.36. The monoisotopic (exact) mass is 448 g/mol. The molecule has 1 aliphatic heterocycles. The quantitative estimate of drug-likeness (QED) is 0.707. The summed E-state index contributed by atoms with van der Waals surface area (Å²) < 4.78 is 72.6. The second kappa shape index (κ2) is 8.42. The third-order valence-corrected chi connectivity index (χ3v) is 7.84. The smallest absolute Gasteiger partial charge is 0.378 e. The number of carbonyl (C=O) groups is 1. The lowest BCUT2D eigenvalue weighted by atomic mass is 10.1. The molecule has 1 aliphatic rings. The molecule has 158 valence electrons. The zero-order valence-corrected chi connectivity index (χ0v) is 17.0. The number of benzene rings is 1. The molecule has 1 aromatic heterocycles. The minimum Gasteiger partial charge on any atom is -0.378 e. The summed E-state index contributed by atoms with van der Waals surface area (Å²) >= 11 is 0.975. The number of ether oxygens (including phenoxy) is 1. The van der Waals surface area contributed by atoms with Crippen molar-refractivity contribution >= 4 is 27.3 Å². The minimum absolute atomic E-state index is 0.00856. The highest BCUT2D eigenvalue weighted by molar-refractivity contribution is 7.91. The third kappa shape index (κ3) is 4.97. The van der Waals surface area contributed by atoms with Gasteiger partial charge in [-0.2, -0.15) is 17.5 Å². The molecule has 1 fully saturated rings. The van der Waals surface area contributed by atoms with Crippen LogP contribution in [0.4, 0.5) is 13.2 Å². The van der Waals surface area contributed by atoms with Crippen LogP contribution in [-0.2, 0) is 38.8 Å². The van der Waals surface area contributed by atoms with Crippen molar-refractivity contribution < 1.29 is 31.1 Å². The standard InChI is InChI=1S/C18H19F3N2O4S2/c1-12(24)22-8-15-6-7-17(28-15)29(25,26)23(14-10-27-11-14)9-13-4-2-3-5-16(13)18(19,20)21/h2-7,14H,8-11H2,1H3,(H,22,24). The molecule has 0 saturated carbocycles. The SMILES string of the molecule is CC(=O)NCc1ccc(S(=O)(=O)N(Cc2ccccc2C(F)(F)F)C2COC2)s1. The Labute approximate surface area is 170 Å². The molecule has 1 aromatic carbocycles. The number of nitrogens with one attached hydrogen (secondary N) is 1. The zero-order valence-electron chi connectivity index (χ0n) is 15.4. The molecule has 1 saturated heterocycles. The molecule has 0 aliphatic carbocycles. The molecule has 3 rings (SSSR count). The van der Waals surface area contributed by atoms with Crippen LogP contribution >= 0.6 is 11.3 Å². The fourth-order valence-electron chi connectivity index (χ4n) is 2.82. The number of hydrogen-bond acceptors (Lipinski definition) is 5. The van der Waals surface area contributed by atoms with Gasteiger partial charge < -0.3 is 10.1 Å². The topological polar surface area (TPSA) is 75.7 Å². The number of thiophene rings is 1. The van der Waals surface area contributed by atoms with E-state index in [0.29, 0.717) is 4.88 Å². The van der Waals surface area contributed by atoms with Crippen molar-refractivity contribution in [2.45, 2.75) is 36.4 Å². The van der Waals surface area contributed by atoms with Crippen LogP contribution in [0.2, 0.25) is 0 Å². The van der Waals surface area contributed by atoms with E-state index in [9.17, 15) is 26.4 Å². The summed E-state index contributed by atoms with van der Waals surface area (Å²) in [5.74, 6) is -0.250. The predicted molar refractivity (Wildman–Crippen MR) is 101 cm³/mol. The zero-order chi connectivity index (χ0) is 21.2. The van der Waals surface area contributed by atoms with Crippen molar-refractivity contribution in [3.63, 3.8) is 0 Å². The molecule has 2 heterocycles. The first-order valence-electron chi connectivity index (χ1n) is 8.67. The Morgan fingerprint density at radius 2 is 1.93 bits per heavy atom. The van der Waals surface area contributed by atoms with Crippen LogP contribution in [0, 0.1) is 0 Å². The average molecular weight is 448 g/mol. The van der Waals surface area contributed by atoms with Gasteiger partial charge in [-0.05, 0) is 23.8 Å². The van der Waals surface area contributed by atoms with Crippen LogP contribution in [0.25, 0.3) is 0 Å². The number of amides is 1. The van der Waals surface area contributed by atoms with Crippen LogP contribution in [0.5, 0.6) is 0 Å². The Bertz CT molecular complexity index is 985. The van der Waals surface area contributed by atoms with Crippen molar-refractivity contribution in [1.82, 2.24) is 9.62 Å². The number of rotatable bonds is 7. The maximum atomic E-state index is 13.3. The van der Waals surface area contributed by atoms with E-state index >= 15 is 0 Å². The molecular weight excluding hydrogens is 429 g/mol. The van der Waals surface area contributed by atoms with Crippen molar-refractivity contribution in [1.29, 1.82) is 0 Å². The fraction of sp³-hybridized carbons (Fsp3) is 0.389. The van der Waals surface area contributed by atoms with E-state index in [1.807, 2.05) is 0 Å². The maximum absolute atomic E-state index is 13.3. The molecule has 1 amide bonds. The highest BCUT2D eigenvalue weighted by atomic mass is 32.2. The van der Waals surface area contributed by atoms with Gasteiger partial charge in [-0.25, -0.2) is 8.42 Å². The summed E-state index contributed by atoms with van der Waals surface area (Å²) in [4.78, 5) is 11.7. The summed E-state index contributed by atoms with van der Waals surface area (Å²) in [6.07, 6.45) is -4.59. The molecular formula is C18H19F3N2O4S2. The van der Waals surface area contributed by atoms with Crippen LogP contribution < -0.4 is 5.32 Å². The van der Waals surface area contributed by atoms with E-state index in [-0.39, 0.29) is 35.4 Å². The van der Waals surface area contributed by atoms with Gasteiger partial charge in [0.25, 0.3) is 10.0 Å². The molecule has 0 bridgehead atoms. The summed E-state index contributed by atoms with van der Waals surface area (Å²) in [5.41, 5.74) is -0.983. The van der Waals surface area contributed by atoms with E-state index in [1.54, 1.807) is 6.07 Å².